The Morgan fingerprint density at radius 2 is 1.81 bits per heavy atom. The van der Waals surface area contributed by atoms with Crippen LogP contribution in [-0.2, 0) is 14.4 Å². The van der Waals surface area contributed by atoms with Crippen molar-refractivity contribution in [2.75, 3.05) is 0 Å². The molecular formula is C15H28N2O4. The lowest BCUT2D eigenvalue weighted by molar-refractivity contribution is -0.142. The van der Waals surface area contributed by atoms with Crippen molar-refractivity contribution in [2.45, 2.75) is 71.3 Å². The van der Waals surface area contributed by atoms with E-state index in [9.17, 15) is 14.4 Å². The number of carbonyl (C=O) groups excluding carboxylic acids is 2. The van der Waals surface area contributed by atoms with E-state index in [2.05, 4.69) is 12.2 Å². The standard InChI is InChI=1S/C15H28N2O4/c1-3-4-5-6-7-11(2)10-14(19)17-12(15(20)21)8-9-13(16)18/h11-12H,3-10H2,1-2H3,(H2,16,18)(H,17,19)(H,20,21)/t11?,12-/m0/s1. The van der Waals surface area contributed by atoms with Gasteiger partial charge in [-0.05, 0) is 12.3 Å². The molecule has 0 aromatic heterocycles. The highest BCUT2D eigenvalue weighted by molar-refractivity contribution is 5.84. The number of hydrogen-bond acceptors (Lipinski definition) is 3. The Balaban J connectivity index is 4.06. The topological polar surface area (TPSA) is 109 Å². The fraction of sp³-hybridized carbons (Fsp3) is 0.800. The van der Waals surface area contributed by atoms with Gasteiger partial charge >= 0.3 is 5.97 Å². The molecule has 0 heterocycles. The highest BCUT2D eigenvalue weighted by atomic mass is 16.4. The summed E-state index contributed by atoms with van der Waals surface area (Å²) in [6, 6.07) is -1.04. The molecule has 122 valence electrons. The molecule has 4 N–H and O–H groups in total. The van der Waals surface area contributed by atoms with Crippen molar-refractivity contribution in [1.29, 1.82) is 0 Å². The number of rotatable bonds is 12. The Morgan fingerprint density at radius 3 is 2.33 bits per heavy atom. The minimum Gasteiger partial charge on any atom is -0.480 e. The van der Waals surface area contributed by atoms with Crippen LogP contribution in [0.25, 0.3) is 0 Å². The summed E-state index contributed by atoms with van der Waals surface area (Å²) in [5.74, 6) is -1.76. The predicted molar refractivity (Wildman–Crippen MR) is 80.5 cm³/mol. The number of aliphatic carboxylic acids is 1. The van der Waals surface area contributed by atoms with Gasteiger partial charge in [0, 0.05) is 12.8 Å². The summed E-state index contributed by atoms with van der Waals surface area (Å²) in [4.78, 5) is 33.5. The van der Waals surface area contributed by atoms with Crippen molar-refractivity contribution in [2.24, 2.45) is 11.7 Å². The number of carbonyl (C=O) groups is 3. The van der Waals surface area contributed by atoms with Crippen LogP contribution >= 0.6 is 0 Å². The van der Waals surface area contributed by atoms with Crippen LogP contribution in [0.4, 0.5) is 0 Å². The number of hydrogen-bond donors (Lipinski definition) is 3. The van der Waals surface area contributed by atoms with Crippen LogP contribution in [0.3, 0.4) is 0 Å². The van der Waals surface area contributed by atoms with Crippen molar-refractivity contribution < 1.29 is 19.5 Å². The van der Waals surface area contributed by atoms with Crippen molar-refractivity contribution >= 4 is 17.8 Å². The lowest BCUT2D eigenvalue weighted by atomic mass is 9.99. The molecule has 0 aliphatic rings. The second-order valence-electron chi connectivity index (χ2n) is 5.62. The van der Waals surface area contributed by atoms with Crippen molar-refractivity contribution in [3.05, 3.63) is 0 Å². The van der Waals surface area contributed by atoms with Gasteiger partial charge in [0.2, 0.25) is 11.8 Å². The number of nitrogens with one attached hydrogen (secondary N) is 1. The van der Waals surface area contributed by atoms with Crippen molar-refractivity contribution in [1.82, 2.24) is 5.32 Å². The first-order valence-corrected chi connectivity index (χ1v) is 7.67. The smallest absolute Gasteiger partial charge is 0.326 e. The largest absolute Gasteiger partial charge is 0.480 e. The van der Waals surface area contributed by atoms with Gasteiger partial charge in [0.05, 0.1) is 0 Å². The molecule has 0 saturated carbocycles. The van der Waals surface area contributed by atoms with Gasteiger partial charge in [0.1, 0.15) is 6.04 Å². The Kier molecular flexibility index (Phi) is 10.3. The van der Waals surface area contributed by atoms with E-state index in [4.69, 9.17) is 10.8 Å². The van der Waals surface area contributed by atoms with Gasteiger partial charge in [-0.25, -0.2) is 4.79 Å². The lowest BCUT2D eigenvalue weighted by Crippen LogP contribution is -2.41. The van der Waals surface area contributed by atoms with Crippen LogP contribution in [0.5, 0.6) is 0 Å². The summed E-state index contributed by atoms with van der Waals surface area (Å²) in [7, 11) is 0. The number of carboxylic acid groups (broad SMARTS) is 1. The zero-order valence-electron chi connectivity index (χ0n) is 13.1. The summed E-state index contributed by atoms with van der Waals surface area (Å²) in [5, 5.41) is 11.5. The third-order valence-corrected chi connectivity index (χ3v) is 3.40. The molecule has 0 rings (SSSR count). The van der Waals surface area contributed by atoms with Gasteiger partial charge in [-0.1, -0.05) is 46.0 Å². The van der Waals surface area contributed by atoms with E-state index < -0.39 is 17.9 Å². The average Bonchev–Trinajstić information content (AvgIpc) is 2.39. The first-order valence-electron chi connectivity index (χ1n) is 7.67. The van der Waals surface area contributed by atoms with Gasteiger partial charge in [-0.3, -0.25) is 9.59 Å². The molecule has 0 fully saturated rings. The molecule has 2 amide bonds. The van der Waals surface area contributed by atoms with Crippen LogP contribution in [-0.4, -0.2) is 28.9 Å². The number of nitrogens with two attached hydrogens (primary N) is 1. The van der Waals surface area contributed by atoms with Gasteiger partial charge in [-0.15, -0.1) is 0 Å². The fourth-order valence-corrected chi connectivity index (χ4v) is 2.14. The van der Waals surface area contributed by atoms with E-state index in [1.54, 1.807) is 0 Å². The highest BCUT2D eigenvalue weighted by Crippen LogP contribution is 2.14. The second kappa shape index (κ2) is 11.1. The third-order valence-electron chi connectivity index (χ3n) is 3.40. The predicted octanol–water partition coefficient (Wildman–Crippen LogP) is 1.82. The van der Waals surface area contributed by atoms with Gasteiger partial charge in [0.15, 0.2) is 0 Å². The van der Waals surface area contributed by atoms with E-state index in [0.29, 0.717) is 6.42 Å². The van der Waals surface area contributed by atoms with Crippen LogP contribution in [0.1, 0.15) is 65.2 Å². The SMILES string of the molecule is CCCCCCC(C)CC(=O)N[C@@H](CCC(N)=O)C(=O)O. The monoisotopic (exact) mass is 300 g/mol. The number of carboxylic acids is 1. The molecule has 0 aliphatic heterocycles. The number of primary amides is 1. The summed E-state index contributed by atoms with van der Waals surface area (Å²) in [6.45, 7) is 4.14. The molecule has 0 aliphatic carbocycles. The Bertz CT molecular complexity index is 345. The maximum absolute atomic E-state index is 11.8. The third kappa shape index (κ3) is 10.8. The summed E-state index contributed by atoms with van der Waals surface area (Å²) < 4.78 is 0. The van der Waals surface area contributed by atoms with Crippen LogP contribution in [0.2, 0.25) is 0 Å². The van der Waals surface area contributed by atoms with Crippen LogP contribution < -0.4 is 11.1 Å². The highest BCUT2D eigenvalue weighted by Gasteiger charge is 2.21. The Morgan fingerprint density at radius 1 is 1.14 bits per heavy atom. The Labute approximate surface area is 126 Å². The average molecular weight is 300 g/mol. The first kappa shape index (κ1) is 19.4. The fourth-order valence-electron chi connectivity index (χ4n) is 2.14. The molecule has 0 radical (unpaired) electrons. The second-order valence-corrected chi connectivity index (χ2v) is 5.62. The van der Waals surface area contributed by atoms with E-state index >= 15 is 0 Å². The molecule has 0 saturated heterocycles. The minimum atomic E-state index is -1.14. The summed E-state index contributed by atoms with van der Waals surface area (Å²) in [6.07, 6.45) is 5.89. The molecule has 2 atom stereocenters. The molecule has 0 spiro atoms. The zero-order chi connectivity index (χ0) is 16.3. The molecule has 0 aromatic rings. The molecule has 6 nitrogen and oxygen atoms in total. The van der Waals surface area contributed by atoms with E-state index in [1.807, 2.05) is 6.92 Å². The lowest BCUT2D eigenvalue weighted by Gasteiger charge is -2.16. The molecule has 0 aromatic carbocycles. The zero-order valence-corrected chi connectivity index (χ0v) is 13.1. The minimum absolute atomic E-state index is 0.0291. The van der Waals surface area contributed by atoms with Gasteiger partial charge in [0.25, 0.3) is 0 Å². The summed E-state index contributed by atoms with van der Waals surface area (Å²) in [5.41, 5.74) is 4.99. The van der Waals surface area contributed by atoms with E-state index in [-0.39, 0.29) is 24.7 Å². The molecule has 1 unspecified atom stereocenters. The molecule has 21 heavy (non-hydrogen) atoms. The maximum atomic E-state index is 11.8. The van der Waals surface area contributed by atoms with E-state index in [0.717, 1.165) is 12.8 Å². The van der Waals surface area contributed by atoms with Crippen LogP contribution in [0, 0.1) is 5.92 Å². The summed E-state index contributed by atoms with van der Waals surface area (Å²) >= 11 is 0. The van der Waals surface area contributed by atoms with Crippen molar-refractivity contribution in [3.8, 4) is 0 Å². The Hall–Kier alpha value is -1.59. The normalized spacial score (nSPS) is 13.4. The molecule has 6 heteroatoms. The molecular weight excluding hydrogens is 272 g/mol. The number of unbranched alkanes of at least 4 members (excludes halogenated alkanes) is 3. The van der Waals surface area contributed by atoms with Crippen LogP contribution in [0.15, 0.2) is 0 Å². The number of amides is 2. The van der Waals surface area contributed by atoms with Gasteiger partial charge < -0.3 is 16.2 Å². The molecule has 0 bridgehead atoms. The maximum Gasteiger partial charge on any atom is 0.326 e. The quantitative estimate of drug-likeness (QED) is 0.477. The van der Waals surface area contributed by atoms with Gasteiger partial charge in [-0.2, -0.15) is 0 Å². The van der Waals surface area contributed by atoms with Crippen molar-refractivity contribution in [3.63, 3.8) is 0 Å². The first-order chi connectivity index (χ1) is 9.86. The van der Waals surface area contributed by atoms with E-state index in [1.165, 1.54) is 19.3 Å².